The SMILES string of the molecule is Cc1ccc(CCNC(=O)C2NNC3CCC(c4ccc5c(N)ncnn45)CC32)cc1. The van der Waals surface area contributed by atoms with Crippen molar-refractivity contribution in [1.29, 1.82) is 0 Å². The fourth-order valence-electron chi connectivity index (χ4n) is 5.06. The number of carbonyl (C=O) groups excluding carboxylic acids is 1. The number of hydrogen-bond donors (Lipinski definition) is 4. The molecule has 2 aliphatic rings. The monoisotopic (exact) mass is 419 g/mol. The quantitative estimate of drug-likeness (QED) is 0.501. The molecular formula is C23H29N7O. The number of nitrogens with zero attached hydrogens (tertiary/aromatic N) is 3. The Hall–Kier alpha value is -2.97. The third-order valence-corrected chi connectivity index (χ3v) is 6.80. The summed E-state index contributed by atoms with van der Waals surface area (Å²) >= 11 is 0. The maximum Gasteiger partial charge on any atom is 0.238 e. The highest BCUT2D eigenvalue weighted by molar-refractivity contribution is 5.82. The molecular weight excluding hydrogens is 390 g/mol. The van der Waals surface area contributed by atoms with E-state index in [0.717, 1.165) is 36.9 Å². The molecule has 4 unspecified atom stereocenters. The standard InChI is InChI=1S/C23H29N7O/c1-14-2-4-15(5-3-14)10-11-25-23(31)21-17-12-16(6-7-18(17)28-29-21)19-8-9-20-22(24)26-13-27-30(19)20/h2-5,8-9,13,16-18,21,28-29H,6-7,10-12H2,1H3,(H,25,31)(H2,24,26,27). The maximum absolute atomic E-state index is 12.9. The van der Waals surface area contributed by atoms with E-state index in [9.17, 15) is 4.79 Å². The Bertz CT molecular complexity index is 1080. The van der Waals surface area contributed by atoms with Gasteiger partial charge in [-0.1, -0.05) is 29.8 Å². The summed E-state index contributed by atoms with van der Waals surface area (Å²) in [6.07, 6.45) is 5.33. The molecule has 1 aliphatic heterocycles. The number of hydrazine groups is 1. The van der Waals surface area contributed by atoms with Crippen molar-refractivity contribution in [3.63, 3.8) is 0 Å². The number of fused-ring (bicyclic) bond motifs is 2. The summed E-state index contributed by atoms with van der Waals surface area (Å²) in [5.74, 6) is 1.13. The summed E-state index contributed by atoms with van der Waals surface area (Å²) in [6, 6.07) is 12.6. The summed E-state index contributed by atoms with van der Waals surface area (Å²) in [4.78, 5) is 17.0. The van der Waals surface area contributed by atoms with Crippen LogP contribution in [0.1, 0.15) is 42.0 Å². The Balaban J connectivity index is 1.24. The first-order valence-corrected chi connectivity index (χ1v) is 11.0. The van der Waals surface area contributed by atoms with E-state index in [0.29, 0.717) is 24.3 Å². The molecule has 5 N–H and O–H groups in total. The molecule has 3 heterocycles. The molecule has 1 aromatic carbocycles. The Morgan fingerprint density at radius 2 is 2.03 bits per heavy atom. The minimum absolute atomic E-state index is 0.0688. The molecule has 1 amide bonds. The van der Waals surface area contributed by atoms with E-state index in [1.165, 1.54) is 17.5 Å². The molecule has 1 saturated carbocycles. The summed E-state index contributed by atoms with van der Waals surface area (Å²) in [5.41, 5.74) is 17.1. The minimum atomic E-state index is -0.225. The molecule has 0 radical (unpaired) electrons. The third-order valence-electron chi connectivity index (χ3n) is 6.80. The first kappa shape index (κ1) is 20.0. The van der Waals surface area contributed by atoms with Gasteiger partial charge in [0.25, 0.3) is 0 Å². The van der Waals surface area contributed by atoms with Crippen LogP contribution in [0.3, 0.4) is 0 Å². The van der Waals surface area contributed by atoms with Crippen molar-refractivity contribution in [3.05, 3.63) is 59.5 Å². The Morgan fingerprint density at radius 3 is 2.87 bits per heavy atom. The van der Waals surface area contributed by atoms with E-state index in [-0.39, 0.29) is 17.9 Å². The number of carbonyl (C=O) groups is 1. The van der Waals surface area contributed by atoms with Crippen LogP contribution in [-0.4, -0.2) is 39.1 Å². The van der Waals surface area contributed by atoms with Gasteiger partial charge < -0.3 is 11.1 Å². The molecule has 0 bridgehead atoms. The summed E-state index contributed by atoms with van der Waals surface area (Å²) in [7, 11) is 0. The Kier molecular flexibility index (Phi) is 5.33. The Labute approximate surface area is 181 Å². The number of aryl methyl sites for hydroxylation is 1. The number of rotatable bonds is 5. The smallest absolute Gasteiger partial charge is 0.238 e. The lowest BCUT2D eigenvalue weighted by Gasteiger charge is -2.32. The molecule has 1 aliphatic carbocycles. The zero-order valence-electron chi connectivity index (χ0n) is 17.7. The molecule has 3 aromatic rings. The topological polar surface area (TPSA) is 109 Å². The van der Waals surface area contributed by atoms with Crippen molar-refractivity contribution in [3.8, 4) is 0 Å². The fraction of sp³-hybridized carbons (Fsp3) is 0.435. The van der Waals surface area contributed by atoms with E-state index in [1.54, 1.807) is 0 Å². The highest BCUT2D eigenvalue weighted by atomic mass is 16.2. The van der Waals surface area contributed by atoms with Gasteiger partial charge >= 0.3 is 0 Å². The largest absolute Gasteiger partial charge is 0.382 e. The highest BCUT2D eigenvalue weighted by Crippen LogP contribution is 2.40. The van der Waals surface area contributed by atoms with Crippen LogP contribution in [0.5, 0.6) is 0 Å². The van der Waals surface area contributed by atoms with Crippen LogP contribution in [0.25, 0.3) is 5.52 Å². The van der Waals surface area contributed by atoms with Gasteiger partial charge in [-0.25, -0.2) is 14.9 Å². The van der Waals surface area contributed by atoms with Crippen molar-refractivity contribution in [1.82, 2.24) is 30.8 Å². The predicted molar refractivity (Wildman–Crippen MR) is 119 cm³/mol. The third kappa shape index (κ3) is 3.88. The number of aromatic nitrogens is 3. The van der Waals surface area contributed by atoms with Crippen LogP contribution in [0.4, 0.5) is 5.82 Å². The maximum atomic E-state index is 12.9. The van der Waals surface area contributed by atoms with E-state index < -0.39 is 0 Å². The normalized spacial score (nSPS) is 25.5. The van der Waals surface area contributed by atoms with Crippen molar-refractivity contribution >= 4 is 17.2 Å². The summed E-state index contributed by atoms with van der Waals surface area (Å²) < 4.78 is 1.90. The van der Waals surface area contributed by atoms with Gasteiger partial charge in [0.2, 0.25) is 5.91 Å². The van der Waals surface area contributed by atoms with Gasteiger partial charge in [-0.05, 0) is 50.3 Å². The molecule has 2 aromatic heterocycles. The molecule has 4 atom stereocenters. The number of amides is 1. The van der Waals surface area contributed by atoms with Crippen LogP contribution in [0.15, 0.2) is 42.7 Å². The fourth-order valence-corrected chi connectivity index (χ4v) is 5.06. The molecule has 8 heteroatoms. The number of nitrogen functional groups attached to an aromatic ring is 1. The van der Waals surface area contributed by atoms with Gasteiger partial charge in [0.05, 0.1) is 0 Å². The number of benzene rings is 1. The number of hydrogen-bond acceptors (Lipinski definition) is 6. The van der Waals surface area contributed by atoms with E-state index in [2.05, 4.69) is 63.5 Å². The van der Waals surface area contributed by atoms with Gasteiger partial charge in [0.1, 0.15) is 17.9 Å². The van der Waals surface area contributed by atoms with Crippen molar-refractivity contribution in [2.24, 2.45) is 5.92 Å². The molecule has 8 nitrogen and oxygen atoms in total. The molecule has 31 heavy (non-hydrogen) atoms. The van der Waals surface area contributed by atoms with Gasteiger partial charge in [0.15, 0.2) is 5.82 Å². The number of anilines is 1. The molecule has 5 rings (SSSR count). The van der Waals surface area contributed by atoms with E-state index >= 15 is 0 Å². The van der Waals surface area contributed by atoms with E-state index in [1.807, 2.05) is 10.6 Å². The van der Waals surface area contributed by atoms with Gasteiger partial charge in [0, 0.05) is 30.1 Å². The van der Waals surface area contributed by atoms with Gasteiger partial charge in [-0.15, -0.1) is 0 Å². The Morgan fingerprint density at radius 1 is 1.19 bits per heavy atom. The van der Waals surface area contributed by atoms with Crippen LogP contribution in [0.2, 0.25) is 0 Å². The summed E-state index contributed by atoms with van der Waals surface area (Å²) in [5, 5.41) is 7.53. The van der Waals surface area contributed by atoms with Gasteiger partial charge in [-0.3, -0.25) is 10.2 Å². The van der Waals surface area contributed by atoms with Gasteiger partial charge in [-0.2, -0.15) is 5.10 Å². The second kappa shape index (κ2) is 8.28. The van der Waals surface area contributed by atoms with Crippen LogP contribution in [-0.2, 0) is 11.2 Å². The lowest BCUT2D eigenvalue weighted by molar-refractivity contribution is -0.124. The zero-order chi connectivity index (χ0) is 21.4. The predicted octanol–water partition coefficient (Wildman–Crippen LogP) is 1.71. The molecule has 0 spiro atoms. The average molecular weight is 420 g/mol. The zero-order valence-corrected chi connectivity index (χ0v) is 17.7. The second-order valence-corrected chi connectivity index (χ2v) is 8.77. The molecule has 162 valence electrons. The van der Waals surface area contributed by atoms with Crippen LogP contribution >= 0.6 is 0 Å². The van der Waals surface area contributed by atoms with E-state index in [4.69, 9.17) is 5.73 Å². The van der Waals surface area contributed by atoms with Crippen molar-refractivity contribution in [2.75, 3.05) is 12.3 Å². The second-order valence-electron chi connectivity index (χ2n) is 8.77. The first-order valence-electron chi connectivity index (χ1n) is 11.0. The van der Waals surface area contributed by atoms with Crippen LogP contribution in [0, 0.1) is 12.8 Å². The number of nitrogens with one attached hydrogen (secondary N) is 3. The van der Waals surface area contributed by atoms with Crippen LogP contribution < -0.4 is 21.9 Å². The van der Waals surface area contributed by atoms with Crippen molar-refractivity contribution in [2.45, 2.75) is 50.6 Å². The highest BCUT2D eigenvalue weighted by Gasteiger charge is 2.44. The first-order chi connectivity index (χ1) is 15.1. The molecule has 2 fully saturated rings. The summed E-state index contributed by atoms with van der Waals surface area (Å²) in [6.45, 7) is 2.72. The average Bonchev–Trinajstić information content (AvgIpc) is 3.40. The number of nitrogens with two attached hydrogens (primary N) is 1. The minimum Gasteiger partial charge on any atom is -0.382 e. The van der Waals surface area contributed by atoms with Crippen molar-refractivity contribution < 1.29 is 4.79 Å². The lowest BCUT2D eigenvalue weighted by atomic mass is 9.74. The lowest BCUT2D eigenvalue weighted by Crippen LogP contribution is -2.46. The molecule has 1 saturated heterocycles.